The fourth-order valence-corrected chi connectivity index (χ4v) is 2.01. The van der Waals surface area contributed by atoms with Crippen molar-refractivity contribution < 1.29 is 9.84 Å². The van der Waals surface area contributed by atoms with Crippen LogP contribution in [-0.2, 0) is 6.54 Å². The van der Waals surface area contributed by atoms with E-state index in [1.807, 2.05) is 18.2 Å². The molecule has 0 fully saturated rings. The minimum Gasteiger partial charge on any atom is -0.496 e. The van der Waals surface area contributed by atoms with Gasteiger partial charge in [0.2, 0.25) is 0 Å². The summed E-state index contributed by atoms with van der Waals surface area (Å²) >= 11 is 6.14. The lowest BCUT2D eigenvalue weighted by molar-refractivity contribution is 0.228. The summed E-state index contributed by atoms with van der Waals surface area (Å²) in [5.74, 6) is 1.19. The molecule has 1 unspecified atom stereocenters. The largest absolute Gasteiger partial charge is 0.496 e. The van der Waals surface area contributed by atoms with Crippen molar-refractivity contribution in [3.8, 4) is 5.75 Å². The van der Waals surface area contributed by atoms with E-state index in [0.29, 0.717) is 12.5 Å². The minimum atomic E-state index is 0.262. The standard InChI is InChI=1S/C14H22ClNO2/c1-11(10-17)5-4-8-16-9-12-13(15)6-3-7-14(12)18-2/h3,6-7,11,16-17H,4-5,8-10H2,1-2H3. The first kappa shape index (κ1) is 15.3. The summed E-state index contributed by atoms with van der Waals surface area (Å²) in [5, 5.41) is 13.0. The Labute approximate surface area is 114 Å². The second-order valence-electron chi connectivity index (χ2n) is 4.53. The van der Waals surface area contributed by atoms with Crippen LogP contribution in [0, 0.1) is 5.92 Å². The van der Waals surface area contributed by atoms with E-state index in [9.17, 15) is 0 Å². The fourth-order valence-electron chi connectivity index (χ4n) is 1.78. The zero-order valence-electron chi connectivity index (χ0n) is 11.1. The number of methoxy groups -OCH3 is 1. The molecule has 1 aromatic carbocycles. The molecule has 0 aliphatic rings. The van der Waals surface area contributed by atoms with E-state index >= 15 is 0 Å². The van der Waals surface area contributed by atoms with Gasteiger partial charge in [-0.3, -0.25) is 0 Å². The lowest BCUT2D eigenvalue weighted by atomic mass is 10.1. The number of hydrogen-bond donors (Lipinski definition) is 2. The van der Waals surface area contributed by atoms with Crippen molar-refractivity contribution >= 4 is 11.6 Å². The Balaban J connectivity index is 2.35. The Morgan fingerprint density at radius 2 is 2.22 bits per heavy atom. The maximum Gasteiger partial charge on any atom is 0.124 e. The van der Waals surface area contributed by atoms with Crippen LogP contribution in [0.5, 0.6) is 5.75 Å². The van der Waals surface area contributed by atoms with Gasteiger partial charge in [0.1, 0.15) is 5.75 Å². The summed E-state index contributed by atoms with van der Waals surface area (Å²) in [6, 6.07) is 5.67. The maximum atomic E-state index is 8.92. The van der Waals surface area contributed by atoms with Gasteiger partial charge in [-0.1, -0.05) is 24.6 Å². The van der Waals surface area contributed by atoms with Crippen molar-refractivity contribution in [2.24, 2.45) is 5.92 Å². The van der Waals surface area contributed by atoms with Gasteiger partial charge in [-0.15, -0.1) is 0 Å². The molecule has 0 aromatic heterocycles. The van der Waals surface area contributed by atoms with Crippen LogP contribution in [0.2, 0.25) is 5.02 Å². The van der Waals surface area contributed by atoms with Crippen molar-refractivity contribution in [2.45, 2.75) is 26.3 Å². The second kappa shape index (κ2) is 8.35. The Bertz CT molecular complexity index is 358. The van der Waals surface area contributed by atoms with E-state index in [1.54, 1.807) is 7.11 Å². The number of halogens is 1. The van der Waals surface area contributed by atoms with Gasteiger partial charge in [-0.05, 0) is 37.4 Å². The smallest absolute Gasteiger partial charge is 0.124 e. The molecule has 0 radical (unpaired) electrons. The number of nitrogens with one attached hydrogen (secondary N) is 1. The van der Waals surface area contributed by atoms with Gasteiger partial charge in [0.15, 0.2) is 0 Å². The molecule has 3 nitrogen and oxygen atoms in total. The maximum absolute atomic E-state index is 8.92. The molecular formula is C14H22ClNO2. The van der Waals surface area contributed by atoms with Gasteiger partial charge in [-0.2, -0.15) is 0 Å². The van der Waals surface area contributed by atoms with E-state index in [4.69, 9.17) is 21.4 Å². The van der Waals surface area contributed by atoms with Crippen molar-refractivity contribution in [2.75, 3.05) is 20.3 Å². The normalized spacial score (nSPS) is 12.4. The molecule has 1 aromatic rings. The van der Waals surface area contributed by atoms with Crippen LogP contribution in [0.4, 0.5) is 0 Å². The zero-order valence-corrected chi connectivity index (χ0v) is 11.8. The molecule has 0 spiro atoms. The third-order valence-electron chi connectivity index (χ3n) is 2.96. The predicted molar refractivity (Wildman–Crippen MR) is 75.2 cm³/mol. The fraction of sp³-hybridized carbons (Fsp3) is 0.571. The summed E-state index contributed by atoms with van der Waals surface area (Å²) in [6.45, 7) is 3.94. The first-order chi connectivity index (χ1) is 8.69. The minimum absolute atomic E-state index is 0.262. The quantitative estimate of drug-likeness (QED) is 0.715. The Morgan fingerprint density at radius 1 is 1.44 bits per heavy atom. The molecule has 0 saturated carbocycles. The van der Waals surface area contributed by atoms with Crippen LogP contribution < -0.4 is 10.1 Å². The first-order valence-electron chi connectivity index (χ1n) is 6.32. The summed E-state index contributed by atoms with van der Waals surface area (Å²) in [7, 11) is 1.65. The molecule has 0 heterocycles. The summed E-state index contributed by atoms with van der Waals surface area (Å²) in [6.07, 6.45) is 2.08. The summed E-state index contributed by atoms with van der Waals surface area (Å²) in [5.41, 5.74) is 0.997. The number of hydrogen-bond acceptors (Lipinski definition) is 3. The van der Waals surface area contributed by atoms with E-state index in [-0.39, 0.29) is 6.61 Å². The number of ether oxygens (including phenoxy) is 1. The van der Waals surface area contributed by atoms with Crippen molar-refractivity contribution in [3.05, 3.63) is 28.8 Å². The highest BCUT2D eigenvalue weighted by molar-refractivity contribution is 6.31. The van der Waals surface area contributed by atoms with Gasteiger partial charge < -0.3 is 15.2 Å². The summed E-state index contributed by atoms with van der Waals surface area (Å²) < 4.78 is 5.28. The van der Waals surface area contributed by atoms with Gasteiger partial charge in [0.05, 0.1) is 7.11 Å². The molecule has 18 heavy (non-hydrogen) atoms. The molecule has 1 rings (SSSR count). The van der Waals surface area contributed by atoms with Crippen LogP contribution in [-0.4, -0.2) is 25.4 Å². The van der Waals surface area contributed by atoms with Gasteiger partial charge >= 0.3 is 0 Å². The molecule has 0 aliphatic heterocycles. The second-order valence-corrected chi connectivity index (χ2v) is 4.93. The number of aliphatic hydroxyl groups excluding tert-OH is 1. The molecule has 4 heteroatoms. The van der Waals surface area contributed by atoms with Crippen molar-refractivity contribution in [3.63, 3.8) is 0 Å². The lowest BCUT2D eigenvalue weighted by Crippen LogP contribution is -2.16. The number of benzene rings is 1. The van der Waals surface area contributed by atoms with E-state index in [2.05, 4.69) is 12.2 Å². The molecule has 0 saturated heterocycles. The van der Waals surface area contributed by atoms with Crippen LogP contribution in [0.25, 0.3) is 0 Å². The lowest BCUT2D eigenvalue weighted by Gasteiger charge is -2.12. The first-order valence-corrected chi connectivity index (χ1v) is 6.69. The van der Waals surface area contributed by atoms with Gasteiger partial charge in [0, 0.05) is 23.7 Å². The Hall–Kier alpha value is -0.770. The third kappa shape index (κ3) is 4.84. The van der Waals surface area contributed by atoms with Crippen LogP contribution in [0.15, 0.2) is 18.2 Å². The predicted octanol–water partition coefficient (Wildman–Crippen LogP) is 2.85. The van der Waals surface area contributed by atoms with E-state index in [0.717, 1.165) is 35.7 Å². The SMILES string of the molecule is COc1cccc(Cl)c1CNCCCC(C)CO. The molecule has 0 aliphatic carbocycles. The number of aliphatic hydroxyl groups is 1. The van der Waals surface area contributed by atoms with Gasteiger partial charge in [0.25, 0.3) is 0 Å². The van der Waals surface area contributed by atoms with Crippen molar-refractivity contribution in [1.82, 2.24) is 5.32 Å². The molecular weight excluding hydrogens is 250 g/mol. The van der Waals surface area contributed by atoms with Crippen LogP contribution in [0.1, 0.15) is 25.3 Å². The Kier molecular flexibility index (Phi) is 7.09. The highest BCUT2D eigenvalue weighted by atomic mass is 35.5. The highest BCUT2D eigenvalue weighted by Crippen LogP contribution is 2.25. The topological polar surface area (TPSA) is 41.5 Å². The third-order valence-corrected chi connectivity index (χ3v) is 3.31. The molecule has 1 atom stereocenters. The average molecular weight is 272 g/mol. The molecule has 0 amide bonds. The van der Waals surface area contributed by atoms with Crippen LogP contribution >= 0.6 is 11.6 Å². The Morgan fingerprint density at radius 3 is 2.89 bits per heavy atom. The van der Waals surface area contributed by atoms with E-state index in [1.165, 1.54) is 0 Å². The number of rotatable bonds is 8. The van der Waals surface area contributed by atoms with Gasteiger partial charge in [-0.25, -0.2) is 0 Å². The van der Waals surface area contributed by atoms with Crippen molar-refractivity contribution in [1.29, 1.82) is 0 Å². The monoisotopic (exact) mass is 271 g/mol. The zero-order chi connectivity index (χ0) is 13.4. The van der Waals surface area contributed by atoms with E-state index < -0.39 is 0 Å². The summed E-state index contributed by atoms with van der Waals surface area (Å²) in [4.78, 5) is 0. The molecule has 2 N–H and O–H groups in total. The molecule has 102 valence electrons. The van der Waals surface area contributed by atoms with Crippen LogP contribution in [0.3, 0.4) is 0 Å². The average Bonchev–Trinajstić information content (AvgIpc) is 2.39. The molecule has 0 bridgehead atoms. The highest BCUT2D eigenvalue weighted by Gasteiger charge is 2.06.